The van der Waals surface area contributed by atoms with Crippen LogP contribution < -0.4 is 5.32 Å². The maximum Gasteiger partial charge on any atom is 0.257 e. The number of benzene rings is 2. The number of nitrogens with zero attached hydrogens (tertiary/aromatic N) is 3. The number of rotatable bonds is 5. The molecule has 2 aromatic carbocycles. The number of nitrogens with one attached hydrogen (secondary N) is 1. The summed E-state index contributed by atoms with van der Waals surface area (Å²) in [5.41, 5.74) is 4.98. The van der Waals surface area contributed by atoms with Crippen molar-refractivity contribution in [1.29, 1.82) is 0 Å². The molecule has 0 spiro atoms. The van der Waals surface area contributed by atoms with Gasteiger partial charge in [-0.15, -0.1) is 0 Å². The van der Waals surface area contributed by atoms with Crippen LogP contribution in [0.25, 0.3) is 5.69 Å². The van der Waals surface area contributed by atoms with Crippen LogP contribution in [0, 0.1) is 6.92 Å². The predicted octanol–water partition coefficient (Wildman–Crippen LogP) is 4.07. The normalized spacial score (nSPS) is 16.4. The fraction of sp³-hybridized carbons (Fsp3) is 0.304. The molecule has 5 heteroatoms. The Morgan fingerprint density at radius 2 is 1.89 bits per heavy atom. The van der Waals surface area contributed by atoms with Crippen molar-refractivity contribution >= 4 is 11.6 Å². The molecule has 5 nitrogen and oxygen atoms in total. The van der Waals surface area contributed by atoms with Gasteiger partial charge in [-0.05, 0) is 44.0 Å². The number of carbonyl (C=O) groups is 1. The number of hydrogen-bond donors (Lipinski definition) is 1. The molecule has 28 heavy (non-hydrogen) atoms. The zero-order valence-corrected chi connectivity index (χ0v) is 16.4. The third-order valence-corrected chi connectivity index (χ3v) is 5.33. The Kier molecular flexibility index (Phi) is 5.15. The second-order valence-corrected chi connectivity index (χ2v) is 7.35. The van der Waals surface area contributed by atoms with E-state index in [9.17, 15) is 4.79 Å². The average Bonchev–Trinajstić information content (AvgIpc) is 3.36. The van der Waals surface area contributed by atoms with E-state index in [0.29, 0.717) is 12.1 Å². The van der Waals surface area contributed by atoms with Crippen molar-refractivity contribution in [1.82, 2.24) is 14.7 Å². The van der Waals surface area contributed by atoms with E-state index < -0.39 is 0 Å². The first-order valence-electron chi connectivity index (χ1n) is 9.90. The highest BCUT2D eigenvalue weighted by Crippen LogP contribution is 2.22. The van der Waals surface area contributed by atoms with Gasteiger partial charge in [0.25, 0.3) is 5.91 Å². The summed E-state index contributed by atoms with van der Waals surface area (Å²) in [6.45, 7) is 5.62. The molecule has 2 heterocycles. The predicted molar refractivity (Wildman–Crippen MR) is 112 cm³/mol. The molecule has 1 aromatic heterocycles. The first-order chi connectivity index (χ1) is 13.7. The van der Waals surface area contributed by atoms with E-state index in [1.807, 2.05) is 39.9 Å². The van der Waals surface area contributed by atoms with Crippen LogP contribution in [0.3, 0.4) is 0 Å². The second-order valence-electron chi connectivity index (χ2n) is 7.35. The molecule has 1 atom stereocenters. The molecule has 1 saturated heterocycles. The molecule has 1 aliphatic heterocycles. The van der Waals surface area contributed by atoms with Crippen LogP contribution in [0.1, 0.15) is 35.0 Å². The average molecular weight is 374 g/mol. The first-order valence-corrected chi connectivity index (χ1v) is 9.90. The van der Waals surface area contributed by atoms with E-state index in [4.69, 9.17) is 0 Å². The zero-order chi connectivity index (χ0) is 19.5. The van der Waals surface area contributed by atoms with Crippen LogP contribution in [0.15, 0.2) is 60.8 Å². The smallest absolute Gasteiger partial charge is 0.257 e. The summed E-state index contributed by atoms with van der Waals surface area (Å²) in [6.07, 6.45) is 3.43. The maximum atomic E-state index is 13.2. The molecule has 3 aromatic rings. The molecule has 1 amide bonds. The Hall–Kier alpha value is -3.08. The molecule has 0 bridgehead atoms. The largest absolute Gasteiger partial charge is 0.380 e. The Balaban J connectivity index is 1.50. The van der Waals surface area contributed by atoms with Gasteiger partial charge >= 0.3 is 0 Å². The quantitative estimate of drug-likeness (QED) is 0.732. The molecule has 1 N–H and O–H groups in total. The zero-order valence-electron chi connectivity index (χ0n) is 16.4. The van der Waals surface area contributed by atoms with Gasteiger partial charge < -0.3 is 10.2 Å². The molecule has 1 fully saturated rings. The van der Waals surface area contributed by atoms with Gasteiger partial charge in [-0.25, -0.2) is 4.68 Å². The fourth-order valence-corrected chi connectivity index (χ4v) is 3.80. The van der Waals surface area contributed by atoms with E-state index >= 15 is 0 Å². The van der Waals surface area contributed by atoms with Gasteiger partial charge in [0, 0.05) is 24.8 Å². The van der Waals surface area contributed by atoms with Crippen molar-refractivity contribution < 1.29 is 4.79 Å². The summed E-state index contributed by atoms with van der Waals surface area (Å²) in [5.74, 6) is 0.0765. The van der Waals surface area contributed by atoms with E-state index in [2.05, 4.69) is 48.5 Å². The summed E-state index contributed by atoms with van der Waals surface area (Å²) >= 11 is 0. The van der Waals surface area contributed by atoms with Crippen molar-refractivity contribution in [2.24, 2.45) is 0 Å². The number of carbonyl (C=O) groups excluding carboxylic acids is 1. The number of para-hydroxylation sites is 1. The Labute approximate surface area is 166 Å². The summed E-state index contributed by atoms with van der Waals surface area (Å²) < 4.78 is 1.89. The third-order valence-electron chi connectivity index (χ3n) is 5.33. The van der Waals surface area contributed by atoms with Gasteiger partial charge in [-0.2, -0.15) is 5.10 Å². The van der Waals surface area contributed by atoms with E-state index in [-0.39, 0.29) is 11.9 Å². The second kappa shape index (κ2) is 7.89. The lowest BCUT2D eigenvalue weighted by molar-refractivity contribution is 0.0790. The van der Waals surface area contributed by atoms with Gasteiger partial charge in [0.2, 0.25) is 0 Å². The number of hydrogen-bond acceptors (Lipinski definition) is 3. The standard InChI is InChI=1S/C23H26N4O/c1-3-22-21(15-24-27(22)20-11-9-17(2)10-12-20)23(28)26-14-13-19(16-26)25-18-7-5-4-6-8-18/h4-12,15,19,25H,3,13-14,16H2,1-2H3. The number of amides is 1. The lowest BCUT2D eigenvalue weighted by Crippen LogP contribution is -2.32. The molecule has 4 rings (SSSR count). The van der Waals surface area contributed by atoms with Crippen LogP contribution >= 0.6 is 0 Å². The number of aromatic nitrogens is 2. The molecule has 1 unspecified atom stereocenters. The van der Waals surface area contributed by atoms with Gasteiger partial charge in [0.05, 0.1) is 23.1 Å². The van der Waals surface area contributed by atoms with Crippen LogP contribution in [0.4, 0.5) is 5.69 Å². The maximum absolute atomic E-state index is 13.2. The van der Waals surface area contributed by atoms with Gasteiger partial charge in [-0.1, -0.05) is 42.8 Å². The van der Waals surface area contributed by atoms with Gasteiger partial charge in [-0.3, -0.25) is 4.79 Å². The van der Waals surface area contributed by atoms with Gasteiger partial charge in [0.15, 0.2) is 0 Å². The van der Waals surface area contributed by atoms with Crippen LogP contribution in [0.2, 0.25) is 0 Å². The van der Waals surface area contributed by atoms with Crippen molar-refractivity contribution in [3.8, 4) is 5.69 Å². The van der Waals surface area contributed by atoms with Crippen molar-refractivity contribution in [3.63, 3.8) is 0 Å². The molecule has 0 radical (unpaired) electrons. The Morgan fingerprint density at radius 1 is 1.14 bits per heavy atom. The summed E-state index contributed by atoms with van der Waals surface area (Å²) in [6, 6.07) is 18.7. The van der Waals surface area contributed by atoms with Crippen LogP contribution in [-0.4, -0.2) is 39.7 Å². The minimum atomic E-state index is 0.0765. The lowest BCUT2D eigenvalue weighted by Gasteiger charge is -2.18. The molecule has 144 valence electrons. The van der Waals surface area contributed by atoms with E-state index in [1.54, 1.807) is 6.20 Å². The lowest BCUT2D eigenvalue weighted by atomic mass is 10.1. The van der Waals surface area contributed by atoms with Crippen molar-refractivity contribution in [2.45, 2.75) is 32.7 Å². The third kappa shape index (κ3) is 3.65. The van der Waals surface area contributed by atoms with Crippen molar-refractivity contribution in [3.05, 3.63) is 77.6 Å². The summed E-state index contributed by atoms with van der Waals surface area (Å²) in [7, 11) is 0. The number of anilines is 1. The SMILES string of the molecule is CCc1c(C(=O)N2CCC(Nc3ccccc3)C2)cnn1-c1ccc(C)cc1. The highest BCUT2D eigenvalue weighted by molar-refractivity contribution is 5.95. The molecule has 0 aliphatic carbocycles. The van der Waals surface area contributed by atoms with Crippen molar-refractivity contribution in [2.75, 3.05) is 18.4 Å². The van der Waals surface area contributed by atoms with E-state index in [1.165, 1.54) is 5.56 Å². The van der Waals surface area contributed by atoms with Crippen LogP contribution in [-0.2, 0) is 6.42 Å². The highest BCUT2D eigenvalue weighted by Gasteiger charge is 2.29. The monoisotopic (exact) mass is 374 g/mol. The Morgan fingerprint density at radius 3 is 2.61 bits per heavy atom. The molecular weight excluding hydrogens is 348 g/mol. The van der Waals surface area contributed by atoms with Gasteiger partial charge in [0.1, 0.15) is 0 Å². The summed E-state index contributed by atoms with van der Waals surface area (Å²) in [5, 5.41) is 8.05. The number of likely N-dealkylation sites (tertiary alicyclic amines) is 1. The topological polar surface area (TPSA) is 50.2 Å². The van der Waals surface area contributed by atoms with Crippen LogP contribution in [0.5, 0.6) is 0 Å². The highest BCUT2D eigenvalue weighted by atomic mass is 16.2. The fourth-order valence-electron chi connectivity index (χ4n) is 3.80. The first kappa shape index (κ1) is 18.3. The number of aryl methyl sites for hydroxylation is 1. The Bertz CT molecular complexity index is 946. The van der Waals surface area contributed by atoms with E-state index in [0.717, 1.165) is 36.5 Å². The molecular formula is C23H26N4O. The minimum absolute atomic E-state index is 0.0765. The minimum Gasteiger partial charge on any atom is -0.380 e. The summed E-state index contributed by atoms with van der Waals surface area (Å²) in [4.78, 5) is 15.1. The molecule has 1 aliphatic rings. The molecule has 0 saturated carbocycles.